The lowest BCUT2D eigenvalue weighted by atomic mass is 9.77. The molecule has 0 bridgehead atoms. The number of hydrogen-bond donors (Lipinski definition) is 2. The van der Waals surface area contributed by atoms with Crippen LogP contribution in [-0.4, -0.2) is 23.4 Å². The van der Waals surface area contributed by atoms with Crippen molar-refractivity contribution in [1.82, 2.24) is 0 Å². The zero-order chi connectivity index (χ0) is 14.6. The second-order valence-corrected chi connectivity index (χ2v) is 6.16. The Morgan fingerprint density at radius 1 is 1.00 bits per heavy atom. The Morgan fingerprint density at radius 3 is 2.20 bits per heavy atom. The quantitative estimate of drug-likeness (QED) is 0.776. The SMILES string of the molecule is OCC(CO)(Cc1ccc(I)cc1)c1cccc(F)c1. The van der Waals surface area contributed by atoms with Crippen LogP contribution in [0.25, 0.3) is 0 Å². The average Bonchev–Trinajstić information content (AvgIpc) is 2.47. The zero-order valence-electron chi connectivity index (χ0n) is 10.9. The van der Waals surface area contributed by atoms with Crippen molar-refractivity contribution < 1.29 is 14.6 Å². The van der Waals surface area contributed by atoms with Crippen LogP contribution in [0.4, 0.5) is 4.39 Å². The van der Waals surface area contributed by atoms with Gasteiger partial charge in [0.2, 0.25) is 0 Å². The maximum Gasteiger partial charge on any atom is 0.123 e. The van der Waals surface area contributed by atoms with E-state index in [0.29, 0.717) is 12.0 Å². The first kappa shape index (κ1) is 15.4. The number of aliphatic hydroxyl groups excluding tert-OH is 2. The minimum absolute atomic E-state index is 0.237. The zero-order valence-corrected chi connectivity index (χ0v) is 13.0. The van der Waals surface area contributed by atoms with Crippen molar-refractivity contribution in [2.75, 3.05) is 13.2 Å². The van der Waals surface area contributed by atoms with Crippen molar-refractivity contribution in [1.29, 1.82) is 0 Å². The summed E-state index contributed by atoms with van der Waals surface area (Å²) in [6.07, 6.45) is 0.459. The van der Waals surface area contributed by atoms with Gasteiger partial charge in [0.1, 0.15) is 5.82 Å². The van der Waals surface area contributed by atoms with Gasteiger partial charge in [-0.1, -0.05) is 24.3 Å². The highest BCUT2D eigenvalue weighted by Crippen LogP contribution is 2.28. The highest BCUT2D eigenvalue weighted by Gasteiger charge is 2.31. The molecule has 0 saturated heterocycles. The van der Waals surface area contributed by atoms with Crippen LogP contribution in [0.15, 0.2) is 48.5 Å². The lowest BCUT2D eigenvalue weighted by Crippen LogP contribution is -2.37. The second-order valence-electron chi connectivity index (χ2n) is 4.91. The molecule has 0 aromatic heterocycles. The molecule has 0 radical (unpaired) electrons. The van der Waals surface area contributed by atoms with Gasteiger partial charge in [0.05, 0.1) is 13.2 Å². The molecule has 0 fully saturated rings. The first-order valence-electron chi connectivity index (χ1n) is 6.32. The third-order valence-corrected chi connectivity index (χ3v) is 4.22. The first-order chi connectivity index (χ1) is 9.59. The van der Waals surface area contributed by atoms with Crippen molar-refractivity contribution in [3.63, 3.8) is 0 Å². The smallest absolute Gasteiger partial charge is 0.123 e. The van der Waals surface area contributed by atoms with Crippen LogP contribution in [0.1, 0.15) is 11.1 Å². The molecule has 2 aromatic carbocycles. The van der Waals surface area contributed by atoms with Gasteiger partial charge in [0, 0.05) is 8.99 Å². The standard InChI is InChI=1S/C16H16FIO2/c17-14-3-1-2-13(8-14)16(10-19,11-20)9-12-4-6-15(18)7-5-12/h1-8,19-20H,9-11H2. The van der Waals surface area contributed by atoms with Crippen LogP contribution in [0.2, 0.25) is 0 Å². The fourth-order valence-corrected chi connectivity index (χ4v) is 2.62. The molecule has 20 heavy (non-hydrogen) atoms. The molecule has 0 aliphatic heterocycles. The Balaban J connectivity index is 2.36. The van der Waals surface area contributed by atoms with Gasteiger partial charge in [0.15, 0.2) is 0 Å². The van der Waals surface area contributed by atoms with Crippen molar-refractivity contribution >= 4 is 22.6 Å². The van der Waals surface area contributed by atoms with E-state index in [1.165, 1.54) is 12.1 Å². The largest absolute Gasteiger partial charge is 0.395 e. The molecule has 0 aliphatic carbocycles. The minimum atomic E-state index is -0.866. The third-order valence-electron chi connectivity index (χ3n) is 3.50. The number of rotatable bonds is 5. The molecule has 0 aliphatic rings. The molecule has 106 valence electrons. The molecule has 0 unspecified atom stereocenters. The Labute approximate surface area is 131 Å². The fourth-order valence-electron chi connectivity index (χ4n) is 2.26. The number of halogens is 2. The normalized spacial score (nSPS) is 11.6. The molecule has 0 spiro atoms. The summed E-state index contributed by atoms with van der Waals surface area (Å²) >= 11 is 2.22. The fraction of sp³-hybridized carbons (Fsp3) is 0.250. The summed E-state index contributed by atoms with van der Waals surface area (Å²) < 4.78 is 14.5. The Kier molecular flexibility index (Phi) is 5.12. The van der Waals surface area contributed by atoms with Gasteiger partial charge in [-0.25, -0.2) is 4.39 Å². The van der Waals surface area contributed by atoms with Gasteiger partial charge < -0.3 is 10.2 Å². The maximum absolute atomic E-state index is 13.4. The van der Waals surface area contributed by atoms with Crippen molar-refractivity contribution in [3.8, 4) is 0 Å². The molecule has 0 atom stereocenters. The average molecular weight is 386 g/mol. The van der Waals surface area contributed by atoms with Gasteiger partial charge in [0.25, 0.3) is 0 Å². The van der Waals surface area contributed by atoms with Crippen LogP contribution < -0.4 is 0 Å². The van der Waals surface area contributed by atoms with E-state index < -0.39 is 5.41 Å². The third kappa shape index (κ3) is 3.37. The van der Waals surface area contributed by atoms with E-state index in [-0.39, 0.29) is 19.0 Å². The van der Waals surface area contributed by atoms with Crippen LogP contribution in [0.5, 0.6) is 0 Å². The summed E-state index contributed by atoms with van der Waals surface area (Å²) in [4.78, 5) is 0. The van der Waals surface area contributed by atoms with E-state index in [4.69, 9.17) is 0 Å². The summed E-state index contributed by atoms with van der Waals surface area (Å²) in [7, 11) is 0. The van der Waals surface area contributed by atoms with E-state index >= 15 is 0 Å². The Bertz CT molecular complexity index is 565. The van der Waals surface area contributed by atoms with Crippen LogP contribution >= 0.6 is 22.6 Å². The molecular formula is C16H16FIO2. The van der Waals surface area contributed by atoms with Crippen LogP contribution in [0, 0.1) is 9.39 Å². The topological polar surface area (TPSA) is 40.5 Å². The number of aliphatic hydroxyl groups is 2. The molecule has 2 N–H and O–H groups in total. The van der Waals surface area contributed by atoms with Crippen molar-refractivity contribution in [3.05, 3.63) is 69.0 Å². The first-order valence-corrected chi connectivity index (χ1v) is 7.40. The van der Waals surface area contributed by atoms with Crippen molar-refractivity contribution in [2.24, 2.45) is 0 Å². The summed E-state index contributed by atoms with van der Waals surface area (Å²) in [6.45, 7) is -0.474. The monoisotopic (exact) mass is 386 g/mol. The van der Waals surface area contributed by atoms with Crippen LogP contribution in [0.3, 0.4) is 0 Å². The summed E-state index contributed by atoms with van der Waals surface area (Å²) in [6, 6.07) is 13.9. The maximum atomic E-state index is 13.4. The van der Waals surface area contributed by atoms with Gasteiger partial charge in [-0.3, -0.25) is 0 Å². The Hall–Kier alpha value is -0.980. The number of benzene rings is 2. The van der Waals surface area contributed by atoms with Crippen molar-refractivity contribution in [2.45, 2.75) is 11.8 Å². The lowest BCUT2D eigenvalue weighted by molar-refractivity contribution is 0.116. The number of hydrogen-bond acceptors (Lipinski definition) is 2. The van der Waals surface area contributed by atoms with Gasteiger partial charge in [-0.15, -0.1) is 0 Å². The molecule has 0 amide bonds. The Morgan fingerprint density at radius 2 is 1.65 bits per heavy atom. The van der Waals surface area contributed by atoms with Gasteiger partial charge in [-0.05, 0) is 64.4 Å². The highest BCUT2D eigenvalue weighted by atomic mass is 127. The molecule has 0 heterocycles. The summed E-state index contributed by atoms with van der Waals surface area (Å²) in [5, 5.41) is 19.5. The second kappa shape index (κ2) is 6.65. The van der Waals surface area contributed by atoms with E-state index in [1.54, 1.807) is 12.1 Å². The molecule has 4 heteroatoms. The lowest BCUT2D eigenvalue weighted by Gasteiger charge is -2.30. The van der Waals surface area contributed by atoms with Gasteiger partial charge >= 0.3 is 0 Å². The van der Waals surface area contributed by atoms with Gasteiger partial charge in [-0.2, -0.15) is 0 Å². The van der Waals surface area contributed by atoms with E-state index in [2.05, 4.69) is 22.6 Å². The summed E-state index contributed by atoms with van der Waals surface area (Å²) in [5.41, 5.74) is 0.744. The predicted molar refractivity (Wildman–Crippen MR) is 85.1 cm³/mol. The minimum Gasteiger partial charge on any atom is -0.395 e. The molecule has 2 rings (SSSR count). The molecule has 0 saturated carbocycles. The van der Waals surface area contributed by atoms with E-state index in [1.807, 2.05) is 24.3 Å². The predicted octanol–water partition coefficient (Wildman–Crippen LogP) is 2.90. The van der Waals surface area contributed by atoms with Crippen LogP contribution in [-0.2, 0) is 11.8 Å². The highest BCUT2D eigenvalue weighted by molar-refractivity contribution is 14.1. The molecule has 2 nitrogen and oxygen atoms in total. The molecule has 2 aromatic rings. The van der Waals surface area contributed by atoms with E-state index in [0.717, 1.165) is 9.13 Å². The van der Waals surface area contributed by atoms with E-state index in [9.17, 15) is 14.6 Å². The summed E-state index contributed by atoms with van der Waals surface area (Å²) in [5.74, 6) is -0.364. The molecular weight excluding hydrogens is 370 g/mol.